The molecule has 6 heteroatoms. The number of carbonyl (C=O) groups excluding carboxylic acids is 1. The first kappa shape index (κ1) is 28.9. The second kappa shape index (κ2) is 13.0. The van der Waals surface area contributed by atoms with Crippen LogP contribution in [0.25, 0.3) is 0 Å². The van der Waals surface area contributed by atoms with Crippen molar-refractivity contribution >= 4 is 6.09 Å². The lowest BCUT2D eigenvalue weighted by Crippen LogP contribution is -2.64. The van der Waals surface area contributed by atoms with Crippen LogP contribution >= 0.6 is 0 Å². The fourth-order valence-electron chi connectivity index (χ4n) is 6.51. The number of hydrogen-bond acceptors (Lipinski definition) is 5. The third-order valence-electron chi connectivity index (χ3n) is 8.62. The number of benzene rings is 4. The number of rotatable bonds is 11. The Morgan fingerprint density at radius 2 is 1.23 bits per heavy atom. The number of nitrogens with one attached hydrogen (secondary N) is 1. The van der Waals surface area contributed by atoms with Crippen LogP contribution in [0, 0.1) is 0 Å². The molecule has 220 valence electrons. The van der Waals surface area contributed by atoms with Crippen LogP contribution in [0.5, 0.6) is 0 Å². The van der Waals surface area contributed by atoms with Gasteiger partial charge in [0.25, 0.3) is 0 Å². The van der Waals surface area contributed by atoms with E-state index in [0.717, 1.165) is 27.8 Å². The van der Waals surface area contributed by atoms with Gasteiger partial charge in [-0.3, -0.25) is 4.90 Å². The molecule has 1 aliphatic heterocycles. The summed E-state index contributed by atoms with van der Waals surface area (Å²) in [5.41, 5.74) is 4.11. The predicted octanol–water partition coefficient (Wildman–Crippen LogP) is 6.67. The van der Waals surface area contributed by atoms with Gasteiger partial charge in [-0.15, -0.1) is 0 Å². The van der Waals surface area contributed by atoms with Crippen molar-refractivity contribution in [1.82, 2.24) is 10.2 Å². The summed E-state index contributed by atoms with van der Waals surface area (Å²) in [4.78, 5) is 15.6. The predicted molar refractivity (Wildman–Crippen MR) is 167 cm³/mol. The number of hydrogen-bond donors (Lipinski definition) is 1. The molecule has 6 rings (SSSR count). The molecule has 1 saturated carbocycles. The summed E-state index contributed by atoms with van der Waals surface area (Å²) < 4.78 is 19.8. The zero-order valence-electron chi connectivity index (χ0n) is 24.5. The SMILES string of the molecule is C=C1[C@@H](NCc2ccccc2)[C@@H](OCc2ccccc2)[C@@]2([C@H](C)OC(=O)N2Cc2ccccc2)[C@@H]1OCc1ccccc1. The van der Waals surface area contributed by atoms with Crippen molar-refractivity contribution in [3.63, 3.8) is 0 Å². The third kappa shape index (κ3) is 5.87. The molecule has 0 unspecified atom stereocenters. The van der Waals surface area contributed by atoms with Crippen LogP contribution in [-0.4, -0.2) is 40.9 Å². The molecule has 1 amide bonds. The van der Waals surface area contributed by atoms with Crippen molar-refractivity contribution < 1.29 is 19.0 Å². The molecule has 0 radical (unpaired) electrons. The summed E-state index contributed by atoms with van der Waals surface area (Å²) in [5, 5.41) is 3.74. The monoisotopic (exact) mass is 574 g/mol. The highest BCUT2D eigenvalue weighted by atomic mass is 16.6. The van der Waals surface area contributed by atoms with Crippen molar-refractivity contribution in [3.05, 3.63) is 156 Å². The lowest BCUT2D eigenvalue weighted by atomic mass is 9.84. The van der Waals surface area contributed by atoms with Gasteiger partial charge in [-0.1, -0.05) is 128 Å². The normalized spacial score (nSPS) is 24.9. The number of ether oxygens (including phenoxy) is 3. The summed E-state index contributed by atoms with van der Waals surface area (Å²) in [6.07, 6.45) is -1.96. The van der Waals surface area contributed by atoms with Gasteiger partial charge in [0.15, 0.2) is 0 Å². The van der Waals surface area contributed by atoms with Crippen molar-refractivity contribution in [1.29, 1.82) is 0 Å². The average Bonchev–Trinajstić information content (AvgIpc) is 3.43. The highest BCUT2D eigenvalue weighted by Crippen LogP contribution is 2.50. The molecule has 1 saturated heterocycles. The third-order valence-corrected chi connectivity index (χ3v) is 8.62. The van der Waals surface area contributed by atoms with E-state index in [4.69, 9.17) is 14.2 Å². The molecule has 1 heterocycles. The molecule has 1 spiro atoms. The molecular weight excluding hydrogens is 536 g/mol. The Morgan fingerprint density at radius 1 is 0.744 bits per heavy atom. The van der Waals surface area contributed by atoms with E-state index in [1.165, 1.54) is 0 Å². The highest BCUT2D eigenvalue weighted by Gasteiger charge is 2.70. The lowest BCUT2D eigenvalue weighted by Gasteiger charge is -2.43. The smallest absolute Gasteiger partial charge is 0.411 e. The highest BCUT2D eigenvalue weighted by molar-refractivity contribution is 5.73. The van der Waals surface area contributed by atoms with Crippen molar-refractivity contribution in [3.8, 4) is 0 Å². The quantitative estimate of drug-likeness (QED) is 0.203. The van der Waals surface area contributed by atoms with Gasteiger partial charge < -0.3 is 19.5 Å². The van der Waals surface area contributed by atoms with Crippen LogP contribution in [0.1, 0.15) is 29.2 Å². The Kier molecular flexibility index (Phi) is 8.70. The molecule has 2 fully saturated rings. The molecule has 0 aromatic heterocycles. The van der Waals surface area contributed by atoms with Gasteiger partial charge in [-0.05, 0) is 34.8 Å². The topological polar surface area (TPSA) is 60.0 Å². The number of amides is 1. The molecule has 0 bridgehead atoms. The molecule has 1 N–H and O–H groups in total. The van der Waals surface area contributed by atoms with E-state index < -0.39 is 23.9 Å². The fourth-order valence-corrected chi connectivity index (χ4v) is 6.51. The summed E-state index contributed by atoms with van der Waals surface area (Å²) in [7, 11) is 0. The van der Waals surface area contributed by atoms with Crippen LogP contribution in [0.4, 0.5) is 4.79 Å². The molecular formula is C37H38N2O4. The first-order chi connectivity index (χ1) is 21.1. The van der Waals surface area contributed by atoms with E-state index in [2.05, 4.69) is 24.0 Å². The Morgan fingerprint density at radius 3 is 1.79 bits per heavy atom. The van der Waals surface area contributed by atoms with E-state index in [0.29, 0.717) is 26.3 Å². The van der Waals surface area contributed by atoms with Crippen molar-refractivity contribution in [2.24, 2.45) is 0 Å². The average molecular weight is 575 g/mol. The standard InChI is InChI=1S/C37H38N2O4/c1-27-33(38-23-29-15-7-3-8-16-29)35(42-26-32-21-13-6-14-22-32)37(34(27)41-25-31-19-11-5-12-20-31)28(2)43-36(40)39(37)24-30-17-9-4-10-18-30/h3-22,28,33-35,38H,1,23-26H2,2H3/t28-,33+,34+,35+,37+/m0/s1. The maximum absolute atomic E-state index is 13.7. The van der Waals surface area contributed by atoms with E-state index in [-0.39, 0.29) is 12.1 Å². The zero-order valence-corrected chi connectivity index (χ0v) is 24.5. The van der Waals surface area contributed by atoms with Crippen LogP contribution < -0.4 is 5.32 Å². The fraction of sp³-hybridized carbons (Fsp3) is 0.270. The Bertz CT molecular complexity index is 1500. The Balaban J connectivity index is 1.42. The van der Waals surface area contributed by atoms with Crippen LogP contribution in [-0.2, 0) is 40.5 Å². The molecule has 4 aromatic rings. The van der Waals surface area contributed by atoms with Crippen LogP contribution in [0.15, 0.2) is 133 Å². The molecule has 5 atom stereocenters. The summed E-state index contributed by atoms with van der Waals surface area (Å²) >= 11 is 0. The van der Waals surface area contributed by atoms with E-state index in [1.807, 2.05) is 121 Å². The molecule has 6 nitrogen and oxygen atoms in total. The first-order valence-electron chi connectivity index (χ1n) is 14.9. The minimum absolute atomic E-state index is 0.306. The maximum Gasteiger partial charge on any atom is 0.411 e. The number of nitrogens with zero attached hydrogens (tertiary/aromatic N) is 1. The number of carbonyl (C=O) groups is 1. The molecule has 2 aliphatic rings. The van der Waals surface area contributed by atoms with Gasteiger partial charge in [0, 0.05) is 13.1 Å². The van der Waals surface area contributed by atoms with Gasteiger partial charge in [-0.25, -0.2) is 4.79 Å². The lowest BCUT2D eigenvalue weighted by molar-refractivity contribution is -0.118. The van der Waals surface area contributed by atoms with Gasteiger partial charge in [-0.2, -0.15) is 0 Å². The summed E-state index contributed by atoms with van der Waals surface area (Å²) in [6.45, 7) is 8.26. The minimum atomic E-state index is -0.970. The second-order valence-electron chi connectivity index (χ2n) is 11.3. The number of cyclic esters (lactones) is 1. The Labute approximate surface area is 253 Å². The van der Waals surface area contributed by atoms with Crippen molar-refractivity contribution in [2.75, 3.05) is 0 Å². The van der Waals surface area contributed by atoms with E-state index in [9.17, 15) is 4.79 Å². The second-order valence-corrected chi connectivity index (χ2v) is 11.3. The van der Waals surface area contributed by atoms with E-state index in [1.54, 1.807) is 0 Å². The van der Waals surface area contributed by atoms with Gasteiger partial charge in [0.2, 0.25) is 0 Å². The molecule has 43 heavy (non-hydrogen) atoms. The van der Waals surface area contributed by atoms with Crippen LogP contribution in [0.2, 0.25) is 0 Å². The largest absolute Gasteiger partial charge is 0.444 e. The zero-order chi connectivity index (χ0) is 29.6. The minimum Gasteiger partial charge on any atom is -0.444 e. The van der Waals surface area contributed by atoms with Crippen LogP contribution in [0.3, 0.4) is 0 Å². The Hall–Kier alpha value is -4.23. The first-order valence-corrected chi connectivity index (χ1v) is 14.9. The van der Waals surface area contributed by atoms with Gasteiger partial charge in [0.05, 0.1) is 19.3 Å². The van der Waals surface area contributed by atoms with Crippen molar-refractivity contribution in [2.45, 2.75) is 63.1 Å². The molecule has 4 aromatic carbocycles. The summed E-state index contributed by atoms with van der Waals surface area (Å²) in [5.74, 6) is 0. The molecule has 1 aliphatic carbocycles. The van der Waals surface area contributed by atoms with Gasteiger partial charge >= 0.3 is 6.09 Å². The van der Waals surface area contributed by atoms with E-state index >= 15 is 0 Å². The maximum atomic E-state index is 13.7. The van der Waals surface area contributed by atoms with Gasteiger partial charge in [0.1, 0.15) is 23.9 Å². The summed E-state index contributed by atoms with van der Waals surface area (Å²) in [6, 6.07) is 40.1.